The third-order valence-electron chi connectivity index (χ3n) is 3.12. The molecule has 6 heteroatoms. The van der Waals surface area contributed by atoms with Gasteiger partial charge in [-0.05, 0) is 11.5 Å². The number of carbonyl (C=O) groups excluding carboxylic acids is 1. The zero-order chi connectivity index (χ0) is 14.7. The summed E-state index contributed by atoms with van der Waals surface area (Å²) < 4.78 is 15.2. The fourth-order valence-corrected chi connectivity index (χ4v) is 2.16. The molecule has 1 aliphatic heterocycles. The van der Waals surface area contributed by atoms with Crippen LogP contribution in [0.1, 0.15) is 5.56 Å². The Kier molecular flexibility index (Phi) is 3.48. The molecule has 1 aliphatic rings. The predicted octanol–water partition coefficient (Wildman–Crippen LogP) is 2.93. The molecule has 0 N–H and O–H groups in total. The molecule has 0 bridgehead atoms. The van der Waals surface area contributed by atoms with Crippen molar-refractivity contribution >= 4 is 16.9 Å². The van der Waals surface area contributed by atoms with E-state index in [1.807, 2.05) is 30.3 Å². The van der Waals surface area contributed by atoms with Crippen molar-refractivity contribution in [2.24, 2.45) is 0 Å². The fourth-order valence-electron chi connectivity index (χ4n) is 2.16. The van der Waals surface area contributed by atoms with Crippen LogP contribution in [0.4, 0.5) is 4.79 Å². The molecule has 21 heavy (non-hydrogen) atoms. The molecule has 2 aromatic rings. The summed E-state index contributed by atoms with van der Waals surface area (Å²) in [6.07, 6.45) is -1.16. The van der Waals surface area contributed by atoms with Crippen molar-refractivity contribution in [3.63, 3.8) is 0 Å². The highest BCUT2D eigenvalue weighted by molar-refractivity contribution is 5.90. The summed E-state index contributed by atoms with van der Waals surface area (Å²) in [6.45, 7) is 0.290. The molecule has 0 radical (unpaired) electrons. The minimum atomic E-state index is -0.699. The van der Waals surface area contributed by atoms with Gasteiger partial charge in [0.25, 0.3) is 0 Å². The topological polar surface area (TPSA) is 72.2 Å². The van der Waals surface area contributed by atoms with Crippen LogP contribution in [0.15, 0.2) is 36.4 Å². The van der Waals surface area contributed by atoms with Crippen LogP contribution in [0.3, 0.4) is 0 Å². The van der Waals surface area contributed by atoms with Crippen LogP contribution in [0.2, 0.25) is 0 Å². The third kappa shape index (κ3) is 2.67. The number of ether oxygens (including phenoxy) is 3. The van der Waals surface area contributed by atoms with Gasteiger partial charge in [0.05, 0.1) is 0 Å². The van der Waals surface area contributed by atoms with Gasteiger partial charge in [-0.3, -0.25) is 0 Å². The van der Waals surface area contributed by atoms with Crippen molar-refractivity contribution < 1.29 is 19.0 Å². The fraction of sp³-hybridized carbons (Fsp3) is 0.200. The lowest BCUT2D eigenvalue weighted by atomic mass is 10.0. The summed E-state index contributed by atoms with van der Waals surface area (Å²) >= 11 is 0. The molecule has 0 amide bonds. The number of carbonyl (C=O) groups is 1. The van der Waals surface area contributed by atoms with E-state index >= 15 is 0 Å². The second-order valence-corrected chi connectivity index (χ2v) is 4.47. The SMILES string of the molecule is O=C1OCC(COc2ccc3ccccc3c2C#[N+][O-])O1. The quantitative estimate of drug-likeness (QED) is 0.640. The predicted molar refractivity (Wildman–Crippen MR) is 75.4 cm³/mol. The molecule has 1 fully saturated rings. The minimum absolute atomic E-state index is 0.137. The first-order valence-corrected chi connectivity index (χ1v) is 6.34. The largest absolute Gasteiger partial charge is 0.508 e. The highest BCUT2D eigenvalue weighted by atomic mass is 16.8. The Hall–Kier alpha value is -2.94. The van der Waals surface area contributed by atoms with Crippen molar-refractivity contribution in [2.45, 2.75) is 6.10 Å². The molecule has 0 saturated carbocycles. The average molecular weight is 285 g/mol. The Balaban J connectivity index is 1.88. The van der Waals surface area contributed by atoms with Crippen molar-refractivity contribution in [2.75, 3.05) is 13.2 Å². The maximum absolute atomic E-state index is 10.8. The van der Waals surface area contributed by atoms with Gasteiger partial charge in [-0.2, -0.15) is 0 Å². The molecule has 1 atom stereocenters. The number of fused-ring (bicyclic) bond motifs is 1. The number of hydrogen-bond donors (Lipinski definition) is 0. The van der Waals surface area contributed by atoms with E-state index in [2.05, 4.69) is 15.8 Å². The van der Waals surface area contributed by atoms with Crippen LogP contribution < -0.4 is 4.74 Å². The van der Waals surface area contributed by atoms with Gasteiger partial charge < -0.3 is 19.4 Å². The van der Waals surface area contributed by atoms with Gasteiger partial charge in [-0.25, -0.2) is 4.79 Å². The van der Waals surface area contributed by atoms with Crippen molar-refractivity contribution in [3.8, 4) is 11.8 Å². The average Bonchev–Trinajstić information content (AvgIpc) is 2.92. The van der Waals surface area contributed by atoms with E-state index < -0.39 is 12.3 Å². The minimum Gasteiger partial charge on any atom is -0.498 e. The molecule has 1 unspecified atom stereocenters. The summed E-state index contributed by atoms with van der Waals surface area (Å²) in [4.78, 5) is 10.8. The van der Waals surface area contributed by atoms with Crippen molar-refractivity contribution in [1.29, 1.82) is 0 Å². The second kappa shape index (κ2) is 5.59. The van der Waals surface area contributed by atoms with E-state index in [1.54, 1.807) is 6.07 Å². The van der Waals surface area contributed by atoms with E-state index in [4.69, 9.17) is 9.47 Å². The van der Waals surface area contributed by atoms with Crippen LogP contribution in [-0.4, -0.2) is 25.5 Å². The van der Waals surface area contributed by atoms with Gasteiger partial charge in [0.15, 0.2) is 11.7 Å². The lowest BCUT2D eigenvalue weighted by molar-refractivity contribution is 0.0983. The van der Waals surface area contributed by atoms with Gasteiger partial charge >= 0.3 is 12.2 Å². The Labute approximate surface area is 120 Å². The third-order valence-corrected chi connectivity index (χ3v) is 3.12. The maximum atomic E-state index is 10.8. The monoisotopic (exact) mass is 285 g/mol. The summed E-state index contributed by atoms with van der Waals surface area (Å²) in [5.74, 6) is 0.455. The Morgan fingerprint density at radius 2 is 2.19 bits per heavy atom. The Morgan fingerprint density at radius 1 is 1.33 bits per heavy atom. The van der Waals surface area contributed by atoms with Crippen molar-refractivity contribution in [3.05, 3.63) is 52.2 Å². The molecule has 0 aliphatic carbocycles. The zero-order valence-electron chi connectivity index (χ0n) is 10.9. The lowest BCUT2D eigenvalue weighted by Gasteiger charge is -2.11. The summed E-state index contributed by atoms with van der Waals surface area (Å²) in [5, 5.41) is 15.1. The standard InChI is InChI=1S/C15H11NO5/c17-15-20-9-11(21-15)8-19-14-6-5-10-3-1-2-4-12(10)13(14)7-16-18/h1-6,11H,8-9H2. The summed E-state index contributed by atoms with van der Waals surface area (Å²) in [5.41, 5.74) is 0.480. The number of cyclic esters (lactones) is 2. The molecule has 1 heterocycles. The lowest BCUT2D eigenvalue weighted by Crippen LogP contribution is -2.20. The molecule has 2 aromatic carbocycles. The van der Waals surface area contributed by atoms with Crippen LogP contribution in [0, 0.1) is 11.3 Å². The Morgan fingerprint density at radius 3 is 2.95 bits per heavy atom. The summed E-state index contributed by atoms with van der Waals surface area (Å²) in [7, 11) is 0. The molecular formula is C15H11NO5. The van der Waals surface area contributed by atoms with Crippen LogP contribution in [0.25, 0.3) is 15.8 Å². The van der Waals surface area contributed by atoms with E-state index in [9.17, 15) is 10.0 Å². The van der Waals surface area contributed by atoms with Gasteiger partial charge in [0.2, 0.25) is 0 Å². The number of nitrogens with zero attached hydrogens (tertiary/aromatic N) is 1. The Bertz CT molecular complexity index is 747. The molecule has 6 nitrogen and oxygen atoms in total. The first kappa shape index (κ1) is 13.1. The van der Waals surface area contributed by atoms with Crippen LogP contribution >= 0.6 is 0 Å². The van der Waals surface area contributed by atoms with E-state index in [0.717, 1.165) is 10.8 Å². The highest BCUT2D eigenvalue weighted by Gasteiger charge is 2.26. The summed E-state index contributed by atoms with van der Waals surface area (Å²) in [6, 6.07) is 13.5. The first-order valence-electron chi connectivity index (χ1n) is 6.34. The first-order chi connectivity index (χ1) is 10.3. The van der Waals surface area contributed by atoms with E-state index in [1.165, 1.54) is 0 Å². The molecular weight excluding hydrogens is 274 g/mol. The smallest absolute Gasteiger partial charge is 0.498 e. The number of rotatable bonds is 3. The second-order valence-electron chi connectivity index (χ2n) is 4.47. The van der Waals surface area contributed by atoms with E-state index in [-0.39, 0.29) is 13.2 Å². The van der Waals surface area contributed by atoms with Gasteiger partial charge in [0.1, 0.15) is 19.0 Å². The van der Waals surface area contributed by atoms with Gasteiger partial charge in [-0.1, -0.05) is 30.3 Å². The normalized spacial score (nSPS) is 16.8. The number of benzene rings is 2. The van der Waals surface area contributed by atoms with Crippen molar-refractivity contribution in [1.82, 2.24) is 0 Å². The maximum Gasteiger partial charge on any atom is 0.508 e. The molecule has 106 valence electrons. The number of hydrogen-bond acceptors (Lipinski definition) is 5. The molecule has 0 aromatic heterocycles. The van der Waals surface area contributed by atoms with Gasteiger partial charge in [-0.15, -0.1) is 0 Å². The molecule has 0 spiro atoms. The highest BCUT2D eigenvalue weighted by Crippen LogP contribution is 2.28. The van der Waals surface area contributed by atoms with Gasteiger partial charge in [0, 0.05) is 10.4 Å². The van der Waals surface area contributed by atoms with E-state index in [0.29, 0.717) is 11.3 Å². The van der Waals surface area contributed by atoms with Crippen LogP contribution in [-0.2, 0) is 9.47 Å². The van der Waals surface area contributed by atoms with Crippen LogP contribution in [0.5, 0.6) is 5.75 Å². The zero-order valence-corrected chi connectivity index (χ0v) is 10.9. The molecule has 1 saturated heterocycles. The molecule has 3 rings (SSSR count).